The van der Waals surface area contributed by atoms with E-state index in [2.05, 4.69) is 15.4 Å². The second-order valence-electron chi connectivity index (χ2n) is 5.61. The fourth-order valence-electron chi connectivity index (χ4n) is 2.59. The molecule has 4 rings (SSSR count). The Labute approximate surface area is 158 Å². The molecule has 0 saturated carbocycles. The Hall–Kier alpha value is -2.66. The summed E-state index contributed by atoms with van der Waals surface area (Å²) in [6.45, 7) is 1.84. The number of fused-ring (bicyclic) bond motifs is 1. The Morgan fingerprint density at radius 1 is 1.22 bits per heavy atom. The Kier molecular flexibility index (Phi) is 4.07. The van der Waals surface area contributed by atoms with Gasteiger partial charge in [0, 0.05) is 5.56 Å². The van der Waals surface area contributed by atoms with Crippen molar-refractivity contribution in [1.29, 1.82) is 0 Å². The minimum Gasteiger partial charge on any atom is -0.282 e. The van der Waals surface area contributed by atoms with Gasteiger partial charge in [-0.3, -0.25) is 14.9 Å². The van der Waals surface area contributed by atoms with E-state index in [0.29, 0.717) is 34.4 Å². The first kappa shape index (κ1) is 17.7. The molecule has 3 aromatic rings. The highest BCUT2D eigenvalue weighted by Gasteiger charge is 2.37. The molecule has 1 aromatic carbocycles. The number of carbonyl (C=O) groups excluding carboxylic acids is 2. The fraction of sp³-hybridized carbons (Fsp3) is 0.125. The van der Waals surface area contributed by atoms with Crippen LogP contribution in [0.5, 0.6) is 0 Å². The van der Waals surface area contributed by atoms with Gasteiger partial charge in [-0.1, -0.05) is 35.6 Å². The van der Waals surface area contributed by atoms with Crippen LogP contribution >= 0.6 is 23.1 Å². The maximum Gasteiger partial charge on any atom is 0.445 e. The molecule has 11 heteroatoms. The highest BCUT2D eigenvalue weighted by molar-refractivity contribution is 8.18. The summed E-state index contributed by atoms with van der Waals surface area (Å²) in [5.74, 6) is -0.609. The molecule has 1 aliphatic rings. The van der Waals surface area contributed by atoms with Gasteiger partial charge in [0.25, 0.3) is 11.1 Å². The molecule has 0 aliphatic carbocycles. The molecular weight excluding hydrogens is 401 g/mol. The average molecular weight is 410 g/mol. The number of benzene rings is 1. The van der Waals surface area contributed by atoms with Crippen molar-refractivity contribution in [3.63, 3.8) is 0 Å². The lowest BCUT2D eigenvalue weighted by Crippen LogP contribution is -2.17. The van der Waals surface area contributed by atoms with E-state index < -0.39 is 22.3 Å². The Morgan fingerprint density at radius 3 is 2.59 bits per heavy atom. The van der Waals surface area contributed by atoms with Crippen LogP contribution in [0.15, 0.2) is 29.2 Å². The molecule has 0 radical (unpaired) electrons. The topological polar surface area (TPSA) is 76.4 Å². The van der Waals surface area contributed by atoms with Crippen molar-refractivity contribution in [2.75, 3.05) is 0 Å². The van der Waals surface area contributed by atoms with Crippen LogP contribution < -0.4 is 5.32 Å². The largest absolute Gasteiger partial charge is 0.445 e. The van der Waals surface area contributed by atoms with Crippen molar-refractivity contribution in [3.8, 4) is 11.3 Å². The van der Waals surface area contributed by atoms with E-state index in [9.17, 15) is 22.8 Å². The van der Waals surface area contributed by atoms with Crippen LogP contribution in [0, 0.1) is 6.92 Å². The van der Waals surface area contributed by atoms with Crippen molar-refractivity contribution < 1.29 is 22.8 Å². The molecule has 0 unspecified atom stereocenters. The number of imide groups is 1. The first-order valence-electron chi connectivity index (χ1n) is 7.51. The van der Waals surface area contributed by atoms with E-state index in [-0.39, 0.29) is 15.6 Å². The van der Waals surface area contributed by atoms with Crippen LogP contribution in [0.25, 0.3) is 22.3 Å². The molecule has 1 saturated heterocycles. The Balaban J connectivity index is 1.97. The smallest absolute Gasteiger partial charge is 0.282 e. The maximum absolute atomic E-state index is 13.0. The molecule has 0 spiro atoms. The quantitative estimate of drug-likeness (QED) is 0.644. The molecular formula is C16H9F3N4O2S2. The van der Waals surface area contributed by atoms with Gasteiger partial charge < -0.3 is 0 Å². The summed E-state index contributed by atoms with van der Waals surface area (Å²) in [6, 6.07) is 7.23. The van der Waals surface area contributed by atoms with E-state index in [1.54, 1.807) is 12.1 Å². The zero-order valence-corrected chi connectivity index (χ0v) is 15.1. The Morgan fingerprint density at radius 2 is 1.96 bits per heavy atom. The van der Waals surface area contributed by atoms with Gasteiger partial charge in [-0.2, -0.15) is 13.2 Å². The minimum atomic E-state index is -4.60. The number of alkyl halides is 3. The fourth-order valence-corrected chi connectivity index (χ4v) is 4.02. The summed E-state index contributed by atoms with van der Waals surface area (Å²) >= 11 is 1.09. The molecule has 2 amide bonds. The molecule has 3 heterocycles. The number of aromatic nitrogens is 3. The number of amides is 2. The second kappa shape index (κ2) is 6.20. The molecule has 2 aromatic heterocycles. The van der Waals surface area contributed by atoms with Gasteiger partial charge >= 0.3 is 6.18 Å². The van der Waals surface area contributed by atoms with Crippen molar-refractivity contribution in [1.82, 2.24) is 19.9 Å². The molecule has 0 bridgehead atoms. The van der Waals surface area contributed by atoms with Gasteiger partial charge in [0.05, 0.1) is 16.3 Å². The van der Waals surface area contributed by atoms with Crippen LogP contribution in [-0.2, 0) is 11.0 Å². The highest BCUT2D eigenvalue weighted by Crippen LogP contribution is 2.37. The standard InChI is InChI=1S/C16H9F3N4O2S2/c1-7-4-2-3-5-8(7)11-9(6-10-12(24)21-15(25)26-10)23-14(20-11)27-13(22-23)16(17,18)19/h2-6H,1H3,(H,21,24,25)/b10-6-. The molecule has 6 nitrogen and oxygen atoms in total. The van der Waals surface area contributed by atoms with Gasteiger partial charge in [0.15, 0.2) is 0 Å². The molecule has 1 N–H and O–H groups in total. The van der Waals surface area contributed by atoms with Crippen molar-refractivity contribution in [3.05, 3.63) is 45.4 Å². The molecule has 0 atom stereocenters. The first-order valence-corrected chi connectivity index (χ1v) is 9.15. The van der Waals surface area contributed by atoms with Crippen LogP contribution in [0.2, 0.25) is 0 Å². The number of rotatable bonds is 2. The predicted molar refractivity (Wildman–Crippen MR) is 95.1 cm³/mol. The van der Waals surface area contributed by atoms with Crippen LogP contribution in [-0.4, -0.2) is 25.7 Å². The lowest BCUT2D eigenvalue weighted by Gasteiger charge is -2.04. The van der Waals surface area contributed by atoms with E-state index in [1.807, 2.05) is 19.1 Å². The lowest BCUT2D eigenvalue weighted by atomic mass is 10.0. The van der Waals surface area contributed by atoms with E-state index in [1.165, 1.54) is 6.08 Å². The summed E-state index contributed by atoms with van der Waals surface area (Å²) in [5.41, 5.74) is 2.16. The number of thioether (sulfide) groups is 1. The third-order valence-electron chi connectivity index (χ3n) is 3.79. The van der Waals surface area contributed by atoms with Gasteiger partial charge in [-0.05, 0) is 30.3 Å². The Bertz CT molecular complexity index is 1130. The zero-order valence-electron chi connectivity index (χ0n) is 13.5. The first-order chi connectivity index (χ1) is 12.7. The van der Waals surface area contributed by atoms with Crippen molar-refractivity contribution in [2.45, 2.75) is 13.1 Å². The summed E-state index contributed by atoms with van der Waals surface area (Å²) in [6.07, 6.45) is -3.26. The molecule has 138 valence electrons. The molecule has 1 aliphatic heterocycles. The second-order valence-corrected chi connectivity index (χ2v) is 7.58. The van der Waals surface area contributed by atoms with Crippen LogP contribution in [0.1, 0.15) is 16.3 Å². The van der Waals surface area contributed by atoms with Crippen molar-refractivity contribution >= 4 is 45.3 Å². The zero-order chi connectivity index (χ0) is 19.3. The number of imidazole rings is 1. The lowest BCUT2D eigenvalue weighted by molar-refractivity contribution is -0.138. The summed E-state index contributed by atoms with van der Waals surface area (Å²) in [7, 11) is 0. The molecule has 1 fully saturated rings. The summed E-state index contributed by atoms with van der Waals surface area (Å²) in [4.78, 5) is 27.7. The normalized spacial score (nSPS) is 16.5. The van der Waals surface area contributed by atoms with Crippen LogP contribution in [0.3, 0.4) is 0 Å². The van der Waals surface area contributed by atoms with E-state index >= 15 is 0 Å². The summed E-state index contributed by atoms with van der Waals surface area (Å²) in [5, 5.41) is 4.16. The van der Waals surface area contributed by atoms with E-state index in [4.69, 9.17) is 0 Å². The average Bonchev–Trinajstić information content (AvgIpc) is 3.22. The number of carbonyl (C=O) groups is 2. The van der Waals surface area contributed by atoms with E-state index in [0.717, 1.165) is 10.1 Å². The number of aryl methyl sites for hydroxylation is 1. The third-order valence-corrected chi connectivity index (χ3v) is 5.55. The van der Waals surface area contributed by atoms with Gasteiger partial charge in [-0.15, -0.1) is 5.10 Å². The highest BCUT2D eigenvalue weighted by atomic mass is 32.2. The maximum atomic E-state index is 13.0. The SMILES string of the molecule is Cc1ccccc1-c1nc2sc(C(F)(F)F)nn2c1/C=C1\SC(=O)NC1=O. The molecule has 27 heavy (non-hydrogen) atoms. The number of nitrogens with zero attached hydrogens (tertiary/aromatic N) is 3. The third kappa shape index (κ3) is 3.12. The number of halogens is 3. The predicted octanol–water partition coefficient (Wildman–Crippen LogP) is 4.11. The summed E-state index contributed by atoms with van der Waals surface area (Å²) < 4.78 is 40.1. The van der Waals surface area contributed by atoms with Gasteiger partial charge in [0.2, 0.25) is 9.97 Å². The van der Waals surface area contributed by atoms with Crippen molar-refractivity contribution in [2.24, 2.45) is 0 Å². The van der Waals surface area contributed by atoms with Gasteiger partial charge in [-0.25, -0.2) is 9.50 Å². The number of hydrogen-bond donors (Lipinski definition) is 1. The van der Waals surface area contributed by atoms with Crippen LogP contribution in [0.4, 0.5) is 18.0 Å². The monoisotopic (exact) mass is 410 g/mol. The number of nitrogens with one attached hydrogen (secondary N) is 1. The van der Waals surface area contributed by atoms with Gasteiger partial charge in [0.1, 0.15) is 0 Å². The minimum absolute atomic E-state index is 0.0437. The number of hydrogen-bond acceptors (Lipinski definition) is 6.